The fourth-order valence-corrected chi connectivity index (χ4v) is 1.88. The topological polar surface area (TPSA) is 32.3 Å². The third-order valence-corrected chi connectivity index (χ3v) is 2.72. The molecule has 0 bridgehead atoms. The lowest BCUT2D eigenvalue weighted by Crippen LogP contribution is -2.27. The van der Waals surface area contributed by atoms with Crippen LogP contribution in [0.1, 0.15) is 19.3 Å². The third-order valence-electron chi connectivity index (χ3n) is 2.54. The van der Waals surface area contributed by atoms with E-state index in [1.807, 2.05) is 12.2 Å². The first-order valence-electron chi connectivity index (χ1n) is 4.94. The number of aliphatic hydroxyl groups is 1. The van der Waals surface area contributed by atoms with Crippen molar-refractivity contribution in [3.05, 3.63) is 12.2 Å². The van der Waals surface area contributed by atoms with Crippen LogP contribution >= 0.6 is 11.6 Å². The average Bonchev–Trinajstić information content (AvgIpc) is 2.52. The zero-order valence-electron chi connectivity index (χ0n) is 7.88. The van der Waals surface area contributed by atoms with Crippen LogP contribution in [0.2, 0.25) is 0 Å². The van der Waals surface area contributed by atoms with E-state index in [-0.39, 0.29) is 6.10 Å². The Morgan fingerprint density at radius 3 is 2.85 bits per heavy atom. The molecule has 0 saturated heterocycles. The maximum atomic E-state index is 9.51. The van der Waals surface area contributed by atoms with Gasteiger partial charge in [0.2, 0.25) is 0 Å². The highest BCUT2D eigenvalue weighted by atomic mass is 35.5. The molecule has 3 heteroatoms. The van der Waals surface area contributed by atoms with Gasteiger partial charge in [0.1, 0.15) is 0 Å². The summed E-state index contributed by atoms with van der Waals surface area (Å²) in [5.74, 6) is 1.04. The second-order valence-corrected chi connectivity index (χ2v) is 3.85. The van der Waals surface area contributed by atoms with E-state index in [0.717, 1.165) is 25.9 Å². The zero-order valence-corrected chi connectivity index (χ0v) is 8.63. The van der Waals surface area contributed by atoms with Gasteiger partial charge in [-0.25, -0.2) is 0 Å². The van der Waals surface area contributed by atoms with Gasteiger partial charge < -0.3 is 10.4 Å². The molecule has 0 aromatic heterocycles. The second-order valence-electron chi connectivity index (χ2n) is 3.54. The van der Waals surface area contributed by atoms with Crippen molar-refractivity contribution in [1.29, 1.82) is 0 Å². The third kappa shape index (κ3) is 4.12. The predicted molar refractivity (Wildman–Crippen MR) is 56.1 cm³/mol. The number of allylic oxidation sites excluding steroid dienone is 1. The molecule has 0 heterocycles. The lowest BCUT2D eigenvalue weighted by atomic mass is 10.1. The Kier molecular flexibility index (Phi) is 5.44. The monoisotopic (exact) mass is 203 g/mol. The highest BCUT2D eigenvalue weighted by Gasteiger charge is 2.24. The Labute approximate surface area is 85.0 Å². The van der Waals surface area contributed by atoms with Crippen molar-refractivity contribution >= 4 is 11.6 Å². The molecule has 76 valence electrons. The van der Waals surface area contributed by atoms with E-state index < -0.39 is 0 Å². The smallest absolute Gasteiger partial charge is 0.0580 e. The first kappa shape index (κ1) is 11.0. The zero-order chi connectivity index (χ0) is 9.52. The predicted octanol–water partition coefficient (Wildman–Crippen LogP) is 1.53. The summed E-state index contributed by atoms with van der Waals surface area (Å²) in [7, 11) is 0. The number of halogens is 1. The van der Waals surface area contributed by atoms with Crippen LogP contribution in [0.4, 0.5) is 0 Å². The first-order valence-corrected chi connectivity index (χ1v) is 5.47. The number of aliphatic hydroxyl groups excluding tert-OH is 1. The van der Waals surface area contributed by atoms with Gasteiger partial charge in [-0.15, -0.1) is 11.6 Å². The molecule has 1 rings (SSSR count). The molecular weight excluding hydrogens is 186 g/mol. The van der Waals surface area contributed by atoms with Crippen LogP contribution in [-0.2, 0) is 0 Å². The van der Waals surface area contributed by atoms with Crippen molar-refractivity contribution in [2.45, 2.75) is 25.4 Å². The molecule has 1 fully saturated rings. The van der Waals surface area contributed by atoms with Crippen LogP contribution in [-0.4, -0.2) is 30.2 Å². The van der Waals surface area contributed by atoms with E-state index in [0.29, 0.717) is 11.8 Å². The van der Waals surface area contributed by atoms with Crippen LogP contribution < -0.4 is 5.32 Å². The summed E-state index contributed by atoms with van der Waals surface area (Å²) < 4.78 is 0. The Morgan fingerprint density at radius 1 is 1.38 bits per heavy atom. The molecule has 2 unspecified atom stereocenters. The standard InChI is InChI=1S/C10H18ClNO/c11-6-1-2-7-12-8-9-4-3-5-10(9)13/h1-2,9-10,12-13H,3-8H2/b2-1+. The molecule has 2 nitrogen and oxygen atoms in total. The maximum absolute atomic E-state index is 9.51. The Bertz CT molecular complexity index is 161. The minimum absolute atomic E-state index is 0.0792. The summed E-state index contributed by atoms with van der Waals surface area (Å²) in [6, 6.07) is 0. The largest absolute Gasteiger partial charge is 0.393 e. The van der Waals surface area contributed by atoms with Crippen molar-refractivity contribution in [3.63, 3.8) is 0 Å². The van der Waals surface area contributed by atoms with Gasteiger partial charge in [0.05, 0.1) is 6.10 Å². The second kappa shape index (κ2) is 6.41. The van der Waals surface area contributed by atoms with Crippen molar-refractivity contribution in [3.8, 4) is 0 Å². The van der Waals surface area contributed by atoms with E-state index in [1.165, 1.54) is 6.42 Å². The number of rotatable bonds is 5. The van der Waals surface area contributed by atoms with E-state index in [4.69, 9.17) is 11.6 Å². The summed E-state index contributed by atoms with van der Waals surface area (Å²) in [4.78, 5) is 0. The summed E-state index contributed by atoms with van der Waals surface area (Å²) in [6.45, 7) is 1.78. The number of alkyl halides is 1. The Morgan fingerprint density at radius 2 is 2.23 bits per heavy atom. The van der Waals surface area contributed by atoms with Gasteiger partial charge in [0.15, 0.2) is 0 Å². The van der Waals surface area contributed by atoms with E-state index in [2.05, 4.69) is 5.32 Å². The molecule has 0 aromatic rings. The molecule has 1 aliphatic rings. The fourth-order valence-electron chi connectivity index (χ4n) is 1.75. The highest BCUT2D eigenvalue weighted by Crippen LogP contribution is 2.24. The van der Waals surface area contributed by atoms with Gasteiger partial charge in [0.25, 0.3) is 0 Å². The van der Waals surface area contributed by atoms with Crippen LogP contribution in [0.5, 0.6) is 0 Å². The molecule has 0 aromatic carbocycles. The molecule has 2 N–H and O–H groups in total. The average molecular weight is 204 g/mol. The quantitative estimate of drug-likeness (QED) is 0.404. The lowest BCUT2D eigenvalue weighted by Gasteiger charge is -2.13. The molecule has 1 saturated carbocycles. The van der Waals surface area contributed by atoms with Gasteiger partial charge in [-0.05, 0) is 18.8 Å². The van der Waals surface area contributed by atoms with Crippen LogP contribution in [0.3, 0.4) is 0 Å². The molecule has 1 aliphatic carbocycles. The van der Waals surface area contributed by atoms with Crippen molar-refractivity contribution in [1.82, 2.24) is 5.32 Å². The normalized spacial score (nSPS) is 28.8. The van der Waals surface area contributed by atoms with E-state index in [1.54, 1.807) is 0 Å². The summed E-state index contributed by atoms with van der Waals surface area (Å²) in [6.07, 6.45) is 7.18. The van der Waals surface area contributed by atoms with Crippen LogP contribution in [0.15, 0.2) is 12.2 Å². The van der Waals surface area contributed by atoms with E-state index in [9.17, 15) is 5.11 Å². The van der Waals surface area contributed by atoms with Crippen molar-refractivity contribution < 1.29 is 5.11 Å². The fraction of sp³-hybridized carbons (Fsp3) is 0.800. The molecule has 13 heavy (non-hydrogen) atoms. The first-order chi connectivity index (χ1) is 6.34. The Balaban J connectivity index is 2.02. The van der Waals surface area contributed by atoms with Crippen LogP contribution in [0, 0.1) is 5.92 Å². The van der Waals surface area contributed by atoms with Crippen molar-refractivity contribution in [2.24, 2.45) is 5.92 Å². The van der Waals surface area contributed by atoms with E-state index >= 15 is 0 Å². The van der Waals surface area contributed by atoms with Crippen molar-refractivity contribution in [2.75, 3.05) is 19.0 Å². The number of hydrogen-bond acceptors (Lipinski definition) is 2. The van der Waals surface area contributed by atoms with Gasteiger partial charge in [-0.2, -0.15) is 0 Å². The van der Waals surface area contributed by atoms with Crippen LogP contribution in [0.25, 0.3) is 0 Å². The van der Waals surface area contributed by atoms with Gasteiger partial charge in [-0.1, -0.05) is 18.6 Å². The Hall–Kier alpha value is -0.0500. The summed E-state index contributed by atoms with van der Waals surface area (Å²) >= 11 is 5.48. The highest BCUT2D eigenvalue weighted by molar-refractivity contribution is 6.18. The molecule has 0 amide bonds. The lowest BCUT2D eigenvalue weighted by molar-refractivity contribution is 0.132. The maximum Gasteiger partial charge on any atom is 0.0580 e. The SMILES string of the molecule is OC1CCCC1CNC/C=C/CCl. The van der Waals surface area contributed by atoms with Gasteiger partial charge in [0, 0.05) is 19.0 Å². The molecule has 0 spiro atoms. The summed E-state index contributed by atoms with van der Waals surface area (Å²) in [5, 5.41) is 12.8. The summed E-state index contributed by atoms with van der Waals surface area (Å²) in [5.41, 5.74) is 0. The molecule has 2 atom stereocenters. The molecular formula is C10H18ClNO. The number of nitrogens with one attached hydrogen (secondary N) is 1. The van der Waals surface area contributed by atoms with Gasteiger partial charge >= 0.3 is 0 Å². The minimum Gasteiger partial charge on any atom is -0.393 e. The molecule has 0 aliphatic heterocycles. The molecule has 0 radical (unpaired) electrons. The van der Waals surface area contributed by atoms with Gasteiger partial charge in [-0.3, -0.25) is 0 Å². The minimum atomic E-state index is -0.0792. The number of hydrogen-bond donors (Lipinski definition) is 2.